The van der Waals surface area contributed by atoms with Crippen LogP contribution in [0.3, 0.4) is 0 Å². The van der Waals surface area contributed by atoms with Gasteiger partial charge in [0.25, 0.3) is 0 Å². The second kappa shape index (κ2) is 16.8. The number of rotatable bonds is 6. The van der Waals surface area contributed by atoms with Gasteiger partial charge >= 0.3 is 0 Å². The fraction of sp³-hybridized carbons (Fsp3) is 0.294. The Hall–Kier alpha value is -1.56. The third-order valence-corrected chi connectivity index (χ3v) is 3.98. The van der Waals surface area contributed by atoms with Crippen molar-refractivity contribution in [1.82, 2.24) is 0 Å². The van der Waals surface area contributed by atoms with Gasteiger partial charge in [0.1, 0.15) is 0 Å². The first-order valence-electron chi connectivity index (χ1n) is 6.64. The molecule has 0 saturated heterocycles. The van der Waals surface area contributed by atoms with Gasteiger partial charge in [0, 0.05) is 10.6 Å². The molecular weight excluding hydrogens is 331 g/mol. The zero-order valence-corrected chi connectivity index (χ0v) is 13.8. The van der Waals surface area contributed by atoms with E-state index in [1.807, 2.05) is 11.8 Å². The van der Waals surface area contributed by atoms with Crippen LogP contribution >= 0.6 is 11.8 Å². The van der Waals surface area contributed by atoms with Crippen LogP contribution in [0.15, 0.2) is 59.5 Å². The van der Waals surface area contributed by atoms with Crippen LogP contribution in [0.1, 0.15) is 24.5 Å². The van der Waals surface area contributed by atoms with Gasteiger partial charge in [0.15, 0.2) is 0 Å². The van der Waals surface area contributed by atoms with E-state index in [1.165, 1.54) is 28.9 Å². The normalized spacial score (nSPS) is 8.22. The molecule has 0 bridgehead atoms. The van der Waals surface area contributed by atoms with E-state index in [2.05, 4.69) is 61.5 Å². The lowest BCUT2D eigenvalue weighted by Gasteiger charge is -2.04. The Morgan fingerprint density at radius 2 is 1.13 bits per heavy atom. The van der Waals surface area contributed by atoms with Crippen molar-refractivity contribution in [3.63, 3.8) is 0 Å². The van der Waals surface area contributed by atoms with Crippen LogP contribution in [0.2, 0.25) is 0 Å². The minimum absolute atomic E-state index is 0. The Morgan fingerprint density at radius 1 is 0.652 bits per heavy atom. The van der Waals surface area contributed by atoms with E-state index in [-0.39, 0.29) is 23.5 Å². The van der Waals surface area contributed by atoms with E-state index < -0.39 is 0 Å². The van der Waals surface area contributed by atoms with Crippen molar-refractivity contribution in [2.45, 2.75) is 31.1 Å². The Bertz CT molecular complexity index is 462. The molecule has 0 aromatic heterocycles. The van der Waals surface area contributed by atoms with Crippen molar-refractivity contribution in [3.8, 4) is 0 Å². The van der Waals surface area contributed by atoms with Gasteiger partial charge in [0.05, 0.1) is 0 Å². The molecule has 6 heteroatoms. The monoisotopic (exact) mass is 356 g/mol. The van der Waals surface area contributed by atoms with Crippen LogP contribution in [0, 0.1) is 0 Å². The minimum Gasteiger partial charge on any atom is -0.269 e. The average molecular weight is 356 g/mol. The van der Waals surface area contributed by atoms with Crippen LogP contribution in [0.4, 0.5) is 23.5 Å². The number of hydrogen-bond acceptors (Lipinski definition) is 1. The second-order valence-corrected chi connectivity index (χ2v) is 5.65. The lowest BCUT2D eigenvalue weighted by atomic mass is 10.1. The molecule has 0 aliphatic carbocycles. The second-order valence-electron chi connectivity index (χ2n) is 4.48. The fourth-order valence-corrected chi connectivity index (χ4v) is 2.89. The molecule has 0 unspecified atom stereocenters. The third kappa shape index (κ3) is 10.7. The van der Waals surface area contributed by atoms with Crippen molar-refractivity contribution in [3.05, 3.63) is 65.7 Å². The summed E-state index contributed by atoms with van der Waals surface area (Å²) in [4.78, 5) is 1.36. The maximum atomic E-state index is 2.27. The highest BCUT2D eigenvalue weighted by Crippen LogP contribution is 2.18. The first kappa shape index (κ1) is 29.5. The molecule has 0 nitrogen and oxygen atoms in total. The van der Waals surface area contributed by atoms with Gasteiger partial charge in [-0.05, 0) is 36.1 Å². The number of halogens is 5. The molecule has 0 N–H and O–H groups in total. The van der Waals surface area contributed by atoms with E-state index in [1.54, 1.807) is 0 Å². The lowest BCUT2D eigenvalue weighted by Crippen LogP contribution is -1.90. The highest BCUT2D eigenvalue weighted by molar-refractivity contribution is 7.99. The van der Waals surface area contributed by atoms with Crippen LogP contribution in [0.25, 0.3) is 0 Å². The fourth-order valence-electron chi connectivity index (χ4n) is 1.96. The largest absolute Gasteiger partial charge is 0.269 e. The Labute approximate surface area is 138 Å². The van der Waals surface area contributed by atoms with Gasteiger partial charge in [0.2, 0.25) is 0 Å². The maximum absolute atomic E-state index is 2.27. The molecule has 0 radical (unpaired) electrons. The van der Waals surface area contributed by atoms with Crippen LogP contribution in [-0.4, -0.2) is 5.75 Å². The molecule has 0 fully saturated rings. The van der Waals surface area contributed by atoms with Gasteiger partial charge in [-0.1, -0.05) is 55.8 Å². The predicted octanol–water partition coefficient (Wildman–Crippen LogP) is 5.74. The summed E-state index contributed by atoms with van der Waals surface area (Å²) in [6.45, 7) is 2.23. The molecule has 0 amide bonds. The van der Waals surface area contributed by atoms with E-state index in [4.69, 9.17) is 0 Å². The zero-order chi connectivity index (χ0) is 12.6. The SMILES string of the molecule is CCCc1ccc(CCSc2ccccc2)cc1.F.F.F.F.F. The first-order valence-corrected chi connectivity index (χ1v) is 7.62. The zero-order valence-electron chi connectivity index (χ0n) is 13.0. The smallest absolute Gasteiger partial charge is 0.00720 e. The molecule has 2 aromatic carbocycles. The highest BCUT2D eigenvalue weighted by Gasteiger charge is 1.96. The average Bonchev–Trinajstić information content (AvgIpc) is 2.42. The number of hydrogen-bond donors (Lipinski definition) is 0. The maximum Gasteiger partial charge on any atom is 0.00720 e. The van der Waals surface area contributed by atoms with Crippen molar-refractivity contribution < 1.29 is 23.5 Å². The number of thioether (sulfide) groups is 1. The Kier molecular flexibility index (Phi) is 21.5. The first-order chi connectivity index (χ1) is 8.88. The van der Waals surface area contributed by atoms with Crippen molar-refractivity contribution in [2.24, 2.45) is 0 Å². The summed E-state index contributed by atoms with van der Waals surface area (Å²) in [7, 11) is 0. The Balaban J connectivity index is -0.000000361. The van der Waals surface area contributed by atoms with E-state index in [9.17, 15) is 0 Å². The highest BCUT2D eigenvalue weighted by atomic mass is 32.2. The van der Waals surface area contributed by atoms with Crippen molar-refractivity contribution in [1.29, 1.82) is 0 Å². The van der Waals surface area contributed by atoms with Gasteiger partial charge < -0.3 is 0 Å². The summed E-state index contributed by atoms with van der Waals surface area (Å²) in [6, 6.07) is 19.7. The standard InChI is InChI=1S/C17H20S.5FH/c1-2-6-15-9-11-16(12-10-15)13-14-18-17-7-4-3-5-8-17;;;;;/h3-5,7-12H,2,6,13-14H2,1H3;5*1H. The van der Waals surface area contributed by atoms with E-state index in [0.717, 1.165) is 12.2 Å². The quantitative estimate of drug-likeness (QED) is 0.470. The summed E-state index contributed by atoms with van der Waals surface area (Å²) in [5.41, 5.74) is 2.90. The van der Waals surface area contributed by atoms with E-state index >= 15 is 0 Å². The van der Waals surface area contributed by atoms with Gasteiger partial charge in [-0.2, -0.15) is 0 Å². The van der Waals surface area contributed by atoms with Crippen LogP contribution in [-0.2, 0) is 12.8 Å². The van der Waals surface area contributed by atoms with Crippen LogP contribution in [0.5, 0.6) is 0 Å². The summed E-state index contributed by atoms with van der Waals surface area (Å²) in [5.74, 6) is 1.15. The summed E-state index contributed by atoms with van der Waals surface area (Å²) >= 11 is 1.93. The molecule has 2 rings (SSSR count). The van der Waals surface area contributed by atoms with Gasteiger partial charge in [-0.3, -0.25) is 23.5 Å². The number of benzene rings is 2. The van der Waals surface area contributed by atoms with Crippen molar-refractivity contribution >= 4 is 11.8 Å². The molecule has 0 heterocycles. The molecular formula is C17H25F5S. The van der Waals surface area contributed by atoms with Gasteiger partial charge in [-0.25, -0.2) is 0 Å². The Morgan fingerprint density at radius 3 is 1.61 bits per heavy atom. The third-order valence-electron chi connectivity index (χ3n) is 2.96. The molecule has 0 spiro atoms. The topological polar surface area (TPSA) is 0 Å². The lowest BCUT2D eigenvalue weighted by molar-refractivity contribution is 0.920. The molecule has 0 aliphatic heterocycles. The predicted molar refractivity (Wildman–Crippen MR) is 93.8 cm³/mol. The van der Waals surface area contributed by atoms with Gasteiger partial charge in [-0.15, -0.1) is 11.8 Å². The molecule has 23 heavy (non-hydrogen) atoms. The summed E-state index contributed by atoms with van der Waals surface area (Å²) in [6.07, 6.45) is 3.56. The van der Waals surface area contributed by atoms with E-state index in [0.29, 0.717) is 0 Å². The molecule has 2 aromatic rings. The van der Waals surface area contributed by atoms with Crippen molar-refractivity contribution in [2.75, 3.05) is 5.75 Å². The molecule has 0 saturated carbocycles. The van der Waals surface area contributed by atoms with Crippen LogP contribution < -0.4 is 0 Å². The summed E-state index contributed by atoms with van der Waals surface area (Å²) < 4.78 is 0. The molecule has 0 atom stereocenters. The number of aryl methyl sites for hydroxylation is 2. The summed E-state index contributed by atoms with van der Waals surface area (Å²) in [5, 5.41) is 0. The minimum atomic E-state index is 0. The molecule has 134 valence electrons. The molecule has 0 aliphatic rings.